The predicted molar refractivity (Wildman–Crippen MR) is 147 cm³/mol. The van der Waals surface area contributed by atoms with Gasteiger partial charge in [0.1, 0.15) is 17.5 Å². The number of carbonyl (C=O) groups is 2. The molecule has 5 rings (SSSR count). The van der Waals surface area contributed by atoms with Crippen molar-refractivity contribution in [3.63, 3.8) is 0 Å². The van der Waals surface area contributed by atoms with E-state index in [1.807, 2.05) is 99.6 Å². The Morgan fingerprint density at radius 1 is 0.921 bits per heavy atom. The van der Waals surface area contributed by atoms with Gasteiger partial charge in [-0.25, -0.2) is 4.79 Å². The van der Waals surface area contributed by atoms with Gasteiger partial charge in [-0.3, -0.25) is 10.1 Å². The van der Waals surface area contributed by atoms with Crippen molar-refractivity contribution in [2.45, 2.75) is 52.1 Å². The molecule has 7 nitrogen and oxygen atoms in total. The maximum Gasteiger partial charge on any atom is 0.412 e. The molecule has 0 radical (unpaired) electrons. The summed E-state index contributed by atoms with van der Waals surface area (Å²) >= 11 is 0. The van der Waals surface area contributed by atoms with Crippen molar-refractivity contribution in [3.05, 3.63) is 95.7 Å². The van der Waals surface area contributed by atoms with Crippen LogP contribution < -0.4 is 5.32 Å². The van der Waals surface area contributed by atoms with Gasteiger partial charge in [0.15, 0.2) is 5.76 Å². The van der Waals surface area contributed by atoms with Crippen LogP contribution in [0, 0.1) is 6.92 Å². The summed E-state index contributed by atoms with van der Waals surface area (Å²) in [5.74, 6) is -0.319. The third kappa shape index (κ3) is 5.47. The monoisotopic (exact) mass is 512 g/mol. The van der Waals surface area contributed by atoms with Crippen molar-refractivity contribution in [2.75, 3.05) is 5.32 Å². The lowest BCUT2D eigenvalue weighted by atomic mass is 9.93. The molecule has 1 saturated carbocycles. The molecule has 1 unspecified atom stereocenters. The summed E-state index contributed by atoms with van der Waals surface area (Å²) in [6.45, 7) is 7.57. The van der Waals surface area contributed by atoms with Crippen LogP contribution in [0.1, 0.15) is 56.5 Å². The standard InChI is InChI=1S/C29H26N2O5.C2H6/c1-18-25(30-28(34)35-19(2)20-6-4-3-5-7-20)26(36-31-18)23-10-8-21(9-11-23)22-12-14-24(15-13-22)29(16-17-29)27(32)33;1-2/h3-15,19H,16-17H2,1-2H3,(H,30,34)(H,32,33);1-2H3. The SMILES string of the molecule is CC.Cc1noc(-c2ccc(-c3ccc(C4(C(=O)O)CC4)cc3)cc2)c1NC(=O)OC(C)c1ccccc1. The van der Waals surface area contributed by atoms with Gasteiger partial charge in [-0.2, -0.15) is 0 Å². The average molecular weight is 513 g/mol. The summed E-state index contributed by atoms with van der Waals surface area (Å²) in [5, 5.41) is 16.3. The smallest absolute Gasteiger partial charge is 0.412 e. The zero-order valence-electron chi connectivity index (χ0n) is 22.0. The lowest BCUT2D eigenvalue weighted by Gasteiger charge is -2.14. The molecule has 38 heavy (non-hydrogen) atoms. The number of ether oxygens (including phenoxy) is 1. The number of aryl methyl sites for hydroxylation is 1. The summed E-state index contributed by atoms with van der Waals surface area (Å²) < 4.78 is 11.1. The van der Waals surface area contributed by atoms with E-state index in [0.29, 0.717) is 30.0 Å². The number of carboxylic acids is 1. The fourth-order valence-electron chi connectivity index (χ4n) is 4.34. The number of amides is 1. The summed E-state index contributed by atoms with van der Waals surface area (Å²) in [4.78, 5) is 24.2. The molecule has 0 aliphatic heterocycles. The summed E-state index contributed by atoms with van der Waals surface area (Å²) in [6.07, 6.45) is 0.362. The second-order valence-electron chi connectivity index (χ2n) is 9.10. The van der Waals surface area contributed by atoms with Crippen LogP contribution in [0.25, 0.3) is 22.5 Å². The van der Waals surface area contributed by atoms with E-state index in [1.54, 1.807) is 6.92 Å². The van der Waals surface area contributed by atoms with E-state index in [4.69, 9.17) is 9.26 Å². The van der Waals surface area contributed by atoms with Gasteiger partial charge in [0.05, 0.1) is 5.41 Å². The van der Waals surface area contributed by atoms with Crippen molar-refractivity contribution in [1.29, 1.82) is 0 Å². The maximum absolute atomic E-state index is 12.6. The van der Waals surface area contributed by atoms with Crippen LogP contribution in [0.4, 0.5) is 10.5 Å². The Morgan fingerprint density at radius 3 is 2.03 bits per heavy atom. The molecule has 2 N–H and O–H groups in total. The number of benzene rings is 3. The van der Waals surface area contributed by atoms with E-state index in [0.717, 1.165) is 27.8 Å². The van der Waals surface area contributed by atoms with Crippen molar-refractivity contribution < 1.29 is 24.0 Å². The van der Waals surface area contributed by atoms with Crippen LogP contribution in [-0.2, 0) is 14.9 Å². The molecule has 1 amide bonds. The fraction of sp³-hybridized carbons (Fsp3) is 0.258. The van der Waals surface area contributed by atoms with Gasteiger partial charge in [-0.1, -0.05) is 97.9 Å². The van der Waals surface area contributed by atoms with Gasteiger partial charge >= 0.3 is 12.1 Å². The number of nitrogens with zero attached hydrogens (tertiary/aromatic N) is 1. The van der Waals surface area contributed by atoms with E-state index in [2.05, 4.69) is 10.5 Å². The molecular formula is C31H32N2O5. The third-order valence-electron chi connectivity index (χ3n) is 6.72. The largest absolute Gasteiger partial charge is 0.481 e. The Hall–Kier alpha value is -4.39. The molecule has 1 fully saturated rings. The number of anilines is 1. The lowest BCUT2D eigenvalue weighted by molar-refractivity contribution is -0.140. The molecule has 1 aliphatic carbocycles. The van der Waals surface area contributed by atoms with Crippen LogP contribution in [0.5, 0.6) is 0 Å². The van der Waals surface area contributed by atoms with Crippen molar-refractivity contribution in [2.24, 2.45) is 0 Å². The van der Waals surface area contributed by atoms with Gasteiger partial charge in [-0.05, 0) is 48.9 Å². The van der Waals surface area contributed by atoms with Gasteiger partial charge in [0, 0.05) is 5.56 Å². The molecule has 0 bridgehead atoms. The number of carbonyl (C=O) groups excluding carboxylic acids is 1. The zero-order chi connectivity index (χ0) is 27.3. The molecule has 196 valence electrons. The Kier molecular flexibility index (Phi) is 7.96. The van der Waals surface area contributed by atoms with E-state index in [1.165, 1.54) is 0 Å². The highest BCUT2D eigenvalue weighted by Crippen LogP contribution is 2.48. The van der Waals surface area contributed by atoms with Crippen molar-refractivity contribution in [3.8, 4) is 22.5 Å². The molecule has 1 heterocycles. The number of carboxylic acid groups (broad SMARTS) is 1. The molecular weight excluding hydrogens is 480 g/mol. The normalized spacial score (nSPS) is 14.0. The topological polar surface area (TPSA) is 102 Å². The number of aromatic nitrogens is 1. The number of nitrogens with one attached hydrogen (secondary N) is 1. The molecule has 0 spiro atoms. The highest BCUT2D eigenvalue weighted by molar-refractivity contribution is 5.91. The highest BCUT2D eigenvalue weighted by atomic mass is 16.6. The van der Waals surface area contributed by atoms with E-state index >= 15 is 0 Å². The predicted octanol–water partition coefficient (Wildman–Crippen LogP) is 7.77. The molecule has 1 aliphatic rings. The Balaban J connectivity index is 0.00000164. The van der Waals surface area contributed by atoms with Crippen LogP contribution in [-0.4, -0.2) is 22.3 Å². The molecule has 1 aromatic heterocycles. The van der Waals surface area contributed by atoms with Crippen molar-refractivity contribution in [1.82, 2.24) is 5.16 Å². The molecule has 1 atom stereocenters. The van der Waals surface area contributed by atoms with E-state index < -0.39 is 23.6 Å². The second kappa shape index (κ2) is 11.3. The zero-order valence-corrected chi connectivity index (χ0v) is 22.0. The first-order valence-corrected chi connectivity index (χ1v) is 12.8. The van der Waals surface area contributed by atoms with Gasteiger partial charge < -0.3 is 14.4 Å². The minimum Gasteiger partial charge on any atom is -0.481 e. The number of hydrogen-bond donors (Lipinski definition) is 2. The molecule has 3 aromatic carbocycles. The minimum atomic E-state index is -0.759. The first-order valence-electron chi connectivity index (χ1n) is 12.8. The Morgan fingerprint density at radius 2 is 1.47 bits per heavy atom. The van der Waals surface area contributed by atoms with E-state index in [-0.39, 0.29) is 0 Å². The Labute approximate surface area is 222 Å². The quantitative estimate of drug-likeness (QED) is 0.262. The summed E-state index contributed by atoms with van der Waals surface area (Å²) in [5.41, 5.74) is 4.75. The summed E-state index contributed by atoms with van der Waals surface area (Å²) in [6, 6.07) is 24.9. The first kappa shape index (κ1) is 26.7. The number of rotatable bonds is 7. The molecule has 0 saturated heterocycles. The average Bonchev–Trinajstić information content (AvgIpc) is 3.70. The Bertz CT molecular complexity index is 1390. The second-order valence-corrected chi connectivity index (χ2v) is 9.10. The summed E-state index contributed by atoms with van der Waals surface area (Å²) in [7, 11) is 0. The highest BCUT2D eigenvalue weighted by Gasteiger charge is 2.51. The maximum atomic E-state index is 12.6. The molecule has 7 heteroatoms. The van der Waals surface area contributed by atoms with Gasteiger partial charge in [0.25, 0.3) is 0 Å². The van der Waals surface area contributed by atoms with Crippen LogP contribution in [0.2, 0.25) is 0 Å². The van der Waals surface area contributed by atoms with Crippen molar-refractivity contribution >= 4 is 17.7 Å². The first-order chi connectivity index (χ1) is 18.4. The van der Waals surface area contributed by atoms with Crippen LogP contribution in [0.15, 0.2) is 83.4 Å². The van der Waals surface area contributed by atoms with Crippen LogP contribution >= 0.6 is 0 Å². The molecule has 4 aromatic rings. The number of hydrogen-bond acceptors (Lipinski definition) is 5. The lowest BCUT2D eigenvalue weighted by Crippen LogP contribution is -2.19. The van der Waals surface area contributed by atoms with E-state index in [9.17, 15) is 14.7 Å². The number of aliphatic carboxylic acids is 1. The van der Waals surface area contributed by atoms with Gasteiger partial charge in [-0.15, -0.1) is 0 Å². The fourth-order valence-corrected chi connectivity index (χ4v) is 4.34. The minimum absolute atomic E-state index is 0.411. The third-order valence-corrected chi connectivity index (χ3v) is 6.72. The van der Waals surface area contributed by atoms with Gasteiger partial charge in [0.2, 0.25) is 0 Å². The van der Waals surface area contributed by atoms with Crippen LogP contribution in [0.3, 0.4) is 0 Å².